The van der Waals surface area contributed by atoms with Gasteiger partial charge >= 0.3 is 0 Å². The van der Waals surface area contributed by atoms with Crippen LogP contribution in [0, 0.1) is 18.2 Å². The van der Waals surface area contributed by atoms with Gasteiger partial charge in [0.15, 0.2) is 5.78 Å². The second-order valence-electron chi connectivity index (χ2n) is 11.6. The minimum absolute atomic E-state index is 0.130. The maximum atomic E-state index is 14.2. The van der Waals surface area contributed by atoms with Crippen molar-refractivity contribution >= 4 is 11.6 Å². The summed E-state index contributed by atoms with van der Waals surface area (Å²) in [6.45, 7) is 12.7. The van der Waals surface area contributed by atoms with Gasteiger partial charge in [0.2, 0.25) is 0 Å². The van der Waals surface area contributed by atoms with E-state index in [0.29, 0.717) is 12.1 Å². The SMILES string of the molecule is Cc1ccc(C2C3=C(CC(C)(C)CC3=O)Nc3c2c(C(C)(C)C)nn3-c2cccc(F)c2)cc1. The molecule has 0 amide bonds. The number of carbonyl (C=O) groups excluding carboxylic acids is 1. The summed E-state index contributed by atoms with van der Waals surface area (Å²) in [4.78, 5) is 13.6. The molecule has 176 valence electrons. The average molecular weight is 458 g/mol. The molecule has 1 atom stereocenters. The van der Waals surface area contributed by atoms with E-state index in [1.165, 1.54) is 17.7 Å². The Kier molecular flexibility index (Phi) is 5.08. The van der Waals surface area contributed by atoms with Crippen LogP contribution < -0.4 is 5.32 Å². The Bertz CT molecular complexity index is 1320. The molecule has 0 saturated heterocycles. The zero-order valence-corrected chi connectivity index (χ0v) is 20.8. The van der Waals surface area contributed by atoms with E-state index in [-0.39, 0.29) is 28.3 Å². The highest BCUT2D eigenvalue weighted by atomic mass is 19.1. The molecule has 0 fully saturated rings. The topological polar surface area (TPSA) is 46.9 Å². The molecule has 1 aliphatic carbocycles. The Morgan fingerprint density at radius 3 is 2.44 bits per heavy atom. The molecule has 5 heteroatoms. The van der Waals surface area contributed by atoms with Crippen LogP contribution in [0.15, 0.2) is 59.8 Å². The Morgan fingerprint density at radius 2 is 1.79 bits per heavy atom. The first-order valence-electron chi connectivity index (χ1n) is 11.9. The Morgan fingerprint density at radius 1 is 1.09 bits per heavy atom. The zero-order chi connectivity index (χ0) is 24.4. The van der Waals surface area contributed by atoms with Crippen LogP contribution >= 0.6 is 0 Å². The van der Waals surface area contributed by atoms with Gasteiger partial charge in [-0.25, -0.2) is 9.07 Å². The fourth-order valence-corrected chi connectivity index (χ4v) is 5.33. The lowest BCUT2D eigenvalue weighted by molar-refractivity contribution is -0.118. The van der Waals surface area contributed by atoms with Crippen LogP contribution in [-0.4, -0.2) is 15.6 Å². The van der Waals surface area contributed by atoms with Gasteiger partial charge in [-0.1, -0.05) is 70.5 Å². The van der Waals surface area contributed by atoms with Crippen LogP contribution in [-0.2, 0) is 10.2 Å². The second-order valence-corrected chi connectivity index (χ2v) is 11.6. The molecule has 1 aromatic heterocycles. The van der Waals surface area contributed by atoms with Gasteiger partial charge in [0.1, 0.15) is 11.6 Å². The predicted octanol–water partition coefficient (Wildman–Crippen LogP) is 6.82. The molecule has 0 spiro atoms. The molecule has 2 aromatic carbocycles. The number of anilines is 1. The van der Waals surface area contributed by atoms with Crippen molar-refractivity contribution in [2.24, 2.45) is 5.41 Å². The third-order valence-corrected chi connectivity index (χ3v) is 6.86. The van der Waals surface area contributed by atoms with Crippen molar-refractivity contribution in [3.8, 4) is 5.69 Å². The Labute approximate surface area is 200 Å². The number of allylic oxidation sites excluding steroid dienone is 2. The van der Waals surface area contributed by atoms with Crippen molar-refractivity contribution in [3.05, 3.63) is 88.0 Å². The summed E-state index contributed by atoms with van der Waals surface area (Å²) < 4.78 is 16.0. The van der Waals surface area contributed by atoms with Crippen LogP contribution in [0.25, 0.3) is 5.69 Å². The number of hydrogen-bond donors (Lipinski definition) is 1. The summed E-state index contributed by atoms with van der Waals surface area (Å²) >= 11 is 0. The molecule has 3 aromatic rings. The highest BCUT2D eigenvalue weighted by molar-refractivity contribution is 6.01. The quantitative estimate of drug-likeness (QED) is 0.459. The minimum atomic E-state index is -0.307. The third kappa shape index (κ3) is 3.77. The summed E-state index contributed by atoms with van der Waals surface area (Å²) in [6.07, 6.45) is 1.29. The number of nitrogens with one attached hydrogen (secondary N) is 1. The summed E-state index contributed by atoms with van der Waals surface area (Å²) in [6, 6.07) is 15.0. The summed E-state index contributed by atoms with van der Waals surface area (Å²) in [5, 5.41) is 8.65. The predicted molar refractivity (Wildman–Crippen MR) is 134 cm³/mol. The van der Waals surface area contributed by atoms with E-state index in [0.717, 1.165) is 40.3 Å². The number of nitrogens with zero attached hydrogens (tertiary/aromatic N) is 2. The van der Waals surface area contributed by atoms with E-state index in [2.05, 4.69) is 71.1 Å². The molecule has 0 radical (unpaired) electrons. The summed E-state index contributed by atoms with van der Waals surface area (Å²) in [5.74, 6) is 0.490. The van der Waals surface area contributed by atoms with Gasteiger partial charge in [0.25, 0.3) is 0 Å². The molecule has 0 bridgehead atoms. The first-order valence-corrected chi connectivity index (χ1v) is 11.9. The van der Waals surface area contributed by atoms with Gasteiger partial charge in [-0.05, 0) is 42.5 Å². The summed E-state index contributed by atoms with van der Waals surface area (Å²) in [5.41, 5.74) is 6.23. The fourth-order valence-electron chi connectivity index (χ4n) is 5.33. The Balaban J connectivity index is 1.83. The van der Waals surface area contributed by atoms with E-state index < -0.39 is 0 Å². The molecule has 2 heterocycles. The van der Waals surface area contributed by atoms with E-state index in [1.54, 1.807) is 6.07 Å². The zero-order valence-electron chi connectivity index (χ0n) is 20.8. The van der Waals surface area contributed by atoms with Gasteiger partial charge in [-0.3, -0.25) is 4.79 Å². The van der Waals surface area contributed by atoms with E-state index in [9.17, 15) is 9.18 Å². The van der Waals surface area contributed by atoms with Crippen molar-refractivity contribution in [1.82, 2.24) is 9.78 Å². The number of Topliss-reactive ketones (excluding diaryl/α,β-unsaturated/α-hetero) is 1. The highest BCUT2D eigenvalue weighted by Gasteiger charge is 2.44. The standard InChI is InChI=1S/C29H32FN3O/c1-17-10-12-18(13-11-17)23-24-21(15-29(5,6)16-22(24)34)31-27-25(23)26(28(2,3)4)32-33(27)20-9-7-8-19(30)14-20/h7-14,23,31H,15-16H2,1-6H3. The van der Waals surface area contributed by atoms with Gasteiger partial charge in [-0.15, -0.1) is 0 Å². The lowest BCUT2D eigenvalue weighted by Gasteiger charge is -2.39. The molecular formula is C29H32FN3O. The largest absolute Gasteiger partial charge is 0.343 e. The number of aryl methyl sites for hydroxylation is 1. The van der Waals surface area contributed by atoms with Crippen LogP contribution in [0.5, 0.6) is 0 Å². The molecule has 1 aliphatic heterocycles. The Hall–Kier alpha value is -3.21. The molecule has 4 nitrogen and oxygen atoms in total. The number of rotatable bonds is 2. The van der Waals surface area contributed by atoms with Crippen molar-refractivity contribution in [3.63, 3.8) is 0 Å². The van der Waals surface area contributed by atoms with Gasteiger partial charge < -0.3 is 5.32 Å². The van der Waals surface area contributed by atoms with Gasteiger partial charge in [0, 0.05) is 34.6 Å². The lowest BCUT2D eigenvalue weighted by atomic mass is 9.68. The highest BCUT2D eigenvalue weighted by Crippen LogP contribution is 2.51. The first-order chi connectivity index (χ1) is 15.9. The van der Waals surface area contributed by atoms with Crippen molar-refractivity contribution in [2.75, 3.05) is 5.32 Å². The smallest absolute Gasteiger partial charge is 0.162 e. The number of benzene rings is 2. The van der Waals surface area contributed by atoms with Crippen LogP contribution in [0.2, 0.25) is 0 Å². The van der Waals surface area contributed by atoms with Gasteiger partial charge in [0.05, 0.1) is 11.4 Å². The average Bonchev–Trinajstić information content (AvgIpc) is 3.12. The molecule has 2 aliphatic rings. The maximum Gasteiger partial charge on any atom is 0.162 e. The van der Waals surface area contributed by atoms with Crippen molar-refractivity contribution < 1.29 is 9.18 Å². The van der Waals surface area contributed by atoms with E-state index in [4.69, 9.17) is 5.10 Å². The number of ketones is 1. The van der Waals surface area contributed by atoms with Crippen LogP contribution in [0.1, 0.15) is 75.8 Å². The minimum Gasteiger partial charge on any atom is -0.343 e. The van der Waals surface area contributed by atoms with E-state index in [1.807, 2.05) is 10.7 Å². The lowest BCUT2D eigenvalue weighted by Crippen LogP contribution is -2.34. The molecule has 1 unspecified atom stereocenters. The number of fused-ring (bicyclic) bond motifs is 1. The monoisotopic (exact) mass is 457 g/mol. The number of carbonyl (C=O) groups is 1. The second kappa shape index (κ2) is 7.66. The molecule has 0 saturated carbocycles. The van der Waals surface area contributed by atoms with Crippen LogP contribution in [0.4, 0.5) is 10.2 Å². The molecule has 5 rings (SSSR count). The first kappa shape index (κ1) is 22.6. The molecular weight excluding hydrogens is 425 g/mol. The van der Waals surface area contributed by atoms with E-state index >= 15 is 0 Å². The molecule has 34 heavy (non-hydrogen) atoms. The fraction of sp³-hybridized carbons (Fsp3) is 0.379. The number of hydrogen-bond acceptors (Lipinski definition) is 3. The van der Waals surface area contributed by atoms with Crippen molar-refractivity contribution in [1.29, 1.82) is 0 Å². The van der Waals surface area contributed by atoms with Crippen LogP contribution in [0.3, 0.4) is 0 Å². The normalized spacial score (nSPS) is 19.5. The third-order valence-electron chi connectivity index (χ3n) is 6.86. The number of halogens is 1. The van der Waals surface area contributed by atoms with Gasteiger partial charge in [-0.2, -0.15) is 5.10 Å². The maximum absolute atomic E-state index is 14.2. The number of aromatic nitrogens is 2. The summed E-state index contributed by atoms with van der Waals surface area (Å²) in [7, 11) is 0. The molecule has 1 N–H and O–H groups in total. The van der Waals surface area contributed by atoms with Crippen molar-refractivity contribution in [2.45, 2.75) is 65.7 Å².